The SMILES string of the molecule is C[C@@H]1CC(C)(C)CC[C@@H]1NCCn1c(=O)oc2cccnc21. The van der Waals surface area contributed by atoms with E-state index in [9.17, 15) is 4.79 Å². The van der Waals surface area contributed by atoms with Gasteiger partial charge in [-0.25, -0.2) is 9.78 Å². The molecule has 1 saturated carbocycles. The summed E-state index contributed by atoms with van der Waals surface area (Å²) in [6.07, 6.45) is 5.39. The fourth-order valence-corrected chi connectivity index (χ4v) is 3.71. The van der Waals surface area contributed by atoms with Crippen LogP contribution in [0.4, 0.5) is 0 Å². The molecule has 0 spiro atoms. The van der Waals surface area contributed by atoms with Gasteiger partial charge >= 0.3 is 5.76 Å². The first-order valence-electron chi connectivity index (χ1n) is 8.14. The number of aromatic nitrogens is 2. The van der Waals surface area contributed by atoms with E-state index in [2.05, 4.69) is 31.1 Å². The fourth-order valence-electron chi connectivity index (χ4n) is 3.71. The standard InChI is InChI=1S/C17H25N3O2/c1-12-11-17(2,3)7-6-13(12)18-9-10-20-15-14(22-16(20)21)5-4-8-19-15/h4-5,8,12-13,18H,6-7,9-11H2,1-3H3/t12-,13+/m1/s1. The van der Waals surface area contributed by atoms with Gasteiger partial charge in [-0.3, -0.25) is 4.57 Å². The Labute approximate surface area is 130 Å². The number of oxazole rings is 1. The van der Waals surface area contributed by atoms with Gasteiger partial charge in [0.05, 0.1) is 0 Å². The monoisotopic (exact) mass is 303 g/mol. The van der Waals surface area contributed by atoms with Crippen molar-refractivity contribution in [3.63, 3.8) is 0 Å². The molecule has 2 heterocycles. The zero-order chi connectivity index (χ0) is 15.7. The van der Waals surface area contributed by atoms with Gasteiger partial charge in [0.25, 0.3) is 0 Å². The zero-order valence-corrected chi connectivity index (χ0v) is 13.6. The Hall–Kier alpha value is -1.62. The first-order valence-corrected chi connectivity index (χ1v) is 8.14. The molecule has 0 saturated heterocycles. The molecule has 0 aliphatic heterocycles. The maximum atomic E-state index is 11.9. The van der Waals surface area contributed by atoms with Gasteiger partial charge in [-0.1, -0.05) is 20.8 Å². The van der Waals surface area contributed by atoms with Gasteiger partial charge in [-0.15, -0.1) is 0 Å². The van der Waals surface area contributed by atoms with Crippen LogP contribution in [0.15, 0.2) is 27.5 Å². The van der Waals surface area contributed by atoms with E-state index >= 15 is 0 Å². The number of nitrogens with one attached hydrogen (secondary N) is 1. The second-order valence-corrected chi connectivity index (χ2v) is 7.29. The highest BCUT2D eigenvalue weighted by Crippen LogP contribution is 2.38. The van der Waals surface area contributed by atoms with Crippen molar-refractivity contribution in [1.82, 2.24) is 14.9 Å². The molecule has 0 amide bonds. The van der Waals surface area contributed by atoms with Crippen molar-refractivity contribution < 1.29 is 4.42 Å². The maximum absolute atomic E-state index is 11.9. The predicted octanol–water partition coefficient (Wildman–Crippen LogP) is 2.79. The molecule has 1 fully saturated rings. The van der Waals surface area contributed by atoms with Crippen LogP contribution in [0.5, 0.6) is 0 Å². The molecule has 0 bridgehead atoms. The highest BCUT2D eigenvalue weighted by Gasteiger charge is 2.31. The minimum Gasteiger partial charge on any atom is -0.406 e. The van der Waals surface area contributed by atoms with Crippen LogP contribution in [0.3, 0.4) is 0 Å². The molecular formula is C17H25N3O2. The van der Waals surface area contributed by atoms with Gasteiger partial charge in [0.1, 0.15) is 0 Å². The van der Waals surface area contributed by atoms with E-state index in [0.29, 0.717) is 35.1 Å². The van der Waals surface area contributed by atoms with Crippen LogP contribution in [0.2, 0.25) is 0 Å². The van der Waals surface area contributed by atoms with E-state index in [4.69, 9.17) is 4.42 Å². The number of pyridine rings is 1. The topological polar surface area (TPSA) is 60.1 Å². The molecule has 5 nitrogen and oxygen atoms in total. The number of hydrogen-bond acceptors (Lipinski definition) is 4. The Bertz CT molecular complexity index is 701. The Morgan fingerprint density at radius 2 is 2.32 bits per heavy atom. The molecule has 22 heavy (non-hydrogen) atoms. The van der Waals surface area contributed by atoms with E-state index in [1.54, 1.807) is 22.9 Å². The van der Waals surface area contributed by atoms with E-state index in [1.807, 2.05) is 0 Å². The van der Waals surface area contributed by atoms with Crippen molar-refractivity contribution in [3.05, 3.63) is 28.9 Å². The molecule has 2 aromatic heterocycles. The van der Waals surface area contributed by atoms with Gasteiger partial charge in [0.15, 0.2) is 11.2 Å². The van der Waals surface area contributed by atoms with Crippen LogP contribution in [0, 0.1) is 11.3 Å². The summed E-state index contributed by atoms with van der Waals surface area (Å²) in [6, 6.07) is 4.09. The van der Waals surface area contributed by atoms with Crippen molar-refractivity contribution in [2.75, 3.05) is 6.54 Å². The lowest BCUT2D eigenvalue weighted by Gasteiger charge is -2.39. The van der Waals surface area contributed by atoms with Crippen LogP contribution in [-0.2, 0) is 6.54 Å². The van der Waals surface area contributed by atoms with Gasteiger partial charge < -0.3 is 9.73 Å². The van der Waals surface area contributed by atoms with Crippen LogP contribution in [-0.4, -0.2) is 22.1 Å². The third-order valence-electron chi connectivity index (χ3n) is 4.86. The molecule has 0 aromatic carbocycles. The largest absolute Gasteiger partial charge is 0.421 e. The van der Waals surface area contributed by atoms with E-state index in [0.717, 1.165) is 6.54 Å². The molecule has 2 atom stereocenters. The highest BCUT2D eigenvalue weighted by molar-refractivity contribution is 5.67. The van der Waals surface area contributed by atoms with Gasteiger partial charge in [-0.2, -0.15) is 0 Å². The first kappa shape index (κ1) is 15.3. The summed E-state index contributed by atoms with van der Waals surface area (Å²) in [6.45, 7) is 8.38. The van der Waals surface area contributed by atoms with E-state index in [1.165, 1.54) is 19.3 Å². The van der Waals surface area contributed by atoms with Gasteiger partial charge in [0, 0.05) is 25.3 Å². The quantitative estimate of drug-likeness (QED) is 0.943. The lowest BCUT2D eigenvalue weighted by molar-refractivity contribution is 0.148. The fraction of sp³-hybridized carbons (Fsp3) is 0.647. The maximum Gasteiger partial charge on any atom is 0.421 e. The Morgan fingerprint density at radius 1 is 1.50 bits per heavy atom. The van der Waals surface area contributed by atoms with Crippen LogP contribution in [0.1, 0.15) is 40.0 Å². The summed E-state index contributed by atoms with van der Waals surface area (Å²) in [7, 11) is 0. The summed E-state index contributed by atoms with van der Waals surface area (Å²) in [5.74, 6) is 0.341. The molecule has 3 rings (SSSR count). The summed E-state index contributed by atoms with van der Waals surface area (Å²) >= 11 is 0. The first-order chi connectivity index (χ1) is 10.5. The molecule has 5 heteroatoms. The van der Waals surface area contributed by atoms with Crippen molar-refractivity contribution in [1.29, 1.82) is 0 Å². The number of hydrogen-bond donors (Lipinski definition) is 1. The minimum absolute atomic E-state index is 0.326. The van der Waals surface area contributed by atoms with Crippen LogP contribution < -0.4 is 11.1 Å². The minimum atomic E-state index is -0.326. The third-order valence-corrected chi connectivity index (χ3v) is 4.86. The van der Waals surface area contributed by atoms with Crippen LogP contribution >= 0.6 is 0 Å². The molecule has 1 N–H and O–H groups in total. The molecule has 0 unspecified atom stereocenters. The molecule has 120 valence electrons. The van der Waals surface area contributed by atoms with Crippen LogP contribution in [0.25, 0.3) is 11.2 Å². The molecule has 1 aliphatic rings. The highest BCUT2D eigenvalue weighted by atomic mass is 16.4. The van der Waals surface area contributed by atoms with Crippen molar-refractivity contribution in [3.8, 4) is 0 Å². The Balaban J connectivity index is 1.61. The summed E-state index contributed by atoms with van der Waals surface area (Å²) in [5.41, 5.74) is 1.64. The lowest BCUT2D eigenvalue weighted by Crippen LogP contribution is -2.43. The second kappa shape index (κ2) is 5.88. The Morgan fingerprint density at radius 3 is 3.09 bits per heavy atom. The average molecular weight is 303 g/mol. The summed E-state index contributed by atoms with van der Waals surface area (Å²) in [4.78, 5) is 16.1. The molecular weight excluding hydrogens is 278 g/mol. The summed E-state index contributed by atoms with van der Waals surface area (Å²) in [5, 5.41) is 3.61. The van der Waals surface area contributed by atoms with Crippen molar-refractivity contribution >= 4 is 11.2 Å². The van der Waals surface area contributed by atoms with Crippen molar-refractivity contribution in [2.24, 2.45) is 11.3 Å². The van der Waals surface area contributed by atoms with E-state index < -0.39 is 0 Å². The number of rotatable bonds is 4. The molecule has 1 aliphatic carbocycles. The smallest absolute Gasteiger partial charge is 0.406 e. The van der Waals surface area contributed by atoms with E-state index in [-0.39, 0.29) is 5.76 Å². The predicted molar refractivity (Wildman–Crippen MR) is 86.9 cm³/mol. The van der Waals surface area contributed by atoms with Crippen molar-refractivity contribution in [2.45, 2.75) is 52.6 Å². The Kier molecular flexibility index (Phi) is 4.08. The third kappa shape index (κ3) is 3.09. The zero-order valence-electron chi connectivity index (χ0n) is 13.6. The second-order valence-electron chi connectivity index (χ2n) is 7.29. The van der Waals surface area contributed by atoms with Gasteiger partial charge in [0.2, 0.25) is 0 Å². The molecule has 2 aromatic rings. The average Bonchev–Trinajstić information content (AvgIpc) is 2.77. The summed E-state index contributed by atoms with van der Waals surface area (Å²) < 4.78 is 6.82. The lowest BCUT2D eigenvalue weighted by atomic mass is 9.70. The van der Waals surface area contributed by atoms with Gasteiger partial charge in [-0.05, 0) is 42.7 Å². The number of fused-ring (bicyclic) bond motifs is 1. The normalized spacial score (nSPS) is 24.7. The number of nitrogens with zero attached hydrogens (tertiary/aromatic N) is 2. The molecule has 0 radical (unpaired) electrons.